The Balaban J connectivity index is 2.29. The molecule has 0 saturated heterocycles. The summed E-state index contributed by atoms with van der Waals surface area (Å²) in [5, 5.41) is 3.42. The van der Waals surface area contributed by atoms with Crippen molar-refractivity contribution in [3.05, 3.63) is 104 Å². The minimum absolute atomic E-state index is 0.270. The molecule has 0 aliphatic carbocycles. The molecule has 0 fully saturated rings. The van der Waals surface area contributed by atoms with Crippen LogP contribution in [0.25, 0.3) is 0 Å². The van der Waals surface area contributed by atoms with Gasteiger partial charge in [0, 0.05) is 6.89 Å². The van der Waals surface area contributed by atoms with E-state index in [1.165, 1.54) is 36.9 Å². The number of esters is 2. The van der Waals surface area contributed by atoms with Crippen LogP contribution < -0.4 is 15.9 Å². The van der Waals surface area contributed by atoms with Gasteiger partial charge in [0.1, 0.15) is 9.75 Å². The van der Waals surface area contributed by atoms with Gasteiger partial charge in [0.15, 0.2) is 0 Å². The largest absolute Gasteiger partial charge is 0.465 e. The monoisotopic (exact) mass is 480 g/mol. The molecule has 1 heterocycles. The summed E-state index contributed by atoms with van der Waals surface area (Å²) in [5.41, 5.74) is 0. The van der Waals surface area contributed by atoms with Crippen LogP contribution in [0.1, 0.15) is 19.3 Å². The summed E-state index contributed by atoms with van der Waals surface area (Å²) >= 11 is 2.64. The number of rotatable bonds is 5. The maximum absolute atomic E-state index is 12.6. The van der Waals surface area contributed by atoms with Crippen LogP contribution >= 0.6 is 29.6 Å². The zero-order valence-electron chi connectivity index (χ0n) is 17.6. The smallest absolute Gasteiger partial charge is 0.349 e. The lowest BCUT2D eigenvalue weighted by atomic mass is 10.4. The topological polar surface area (TPSA) is 52.6 Å². The zero-order chi connectivity index (χ0) is 22.6. The van der Waals surface area contributed by atoms with E-state index in [9.17, 15) is 9.59 Å². The Bertz CT molecular complexity index is 1190. The third-order valence-corrected chi connectivity index (χ3v) is 13.1. The first kappa shape index (κ1) is 22.3. The molecule has 3 aromatic carbocycles. The minimum Gasteiger partial charge on any atom is -0.465 e. The molecule has 0 spiro atoms. The van der Waals surface area contributed by atoms with Crippen LogP contribution in [-0.4, -0.2) is 26.2 Å². The average molecular weight is 481 g/mol. The second kappa shape index (κ2) is 9.70. The molecule has 0 amide bonds. The van der Waals surface area contributed by atoms with Gasteiger partial charge < -0.3 is 9.47 Å². The van der Waals surface area contributed by atoms with Crippen molar-refractivity contribution < 1.29 is 19.1 Å². The summed E-state index contributed by atoms with van der Waals surface area (Å²) in [6, 6.07) is 30.8. The van der Waals surface area contributed by atoms with Gasteiger partial charge in [-0.2, -0.15) is 0 Å². The van der Waals surface area contributed by atoms with Crippen LogP contribution in [0.5, 0.6) is 0 Å². The fraction of sp³-hybridized carbons (Fsp3) is 0.0800. The van der Waals surface area contributed by atoms with Crippen molar-refractivity contribution in [2.24, 2.45) is 0 Å². The third-order valence-electron chi connectivity index (χ3n) is 5.03. The molecule has 0 radical (unpaired) electrons. The van der Waals surface area contributed by atoms with Crippen molar-refractivity contribution >= 4 is 57.4 Å². The Labute approximate surface area is 194 Å². The number of methoxy groups -OCH3 is 2. The quantitative estimate of drug-likeness (QED) is 0.301. The van der Waals surface area contributed by atoms with Gasteiger partial charge in [0.2, 0.25) is 0 Å². The van der Waals surface area contributed by atoms with E-state index in [0.717, 1.165) is 19.5 Å². The van der Waals surface area contributed by atoms with Gasteiger partial charge in [-0.05, 0) is 15.9 Å². The molecule has 32 heavy (non-hydrogen) atoms. The summed E-state index contributed by atoms with van der Waals surface area (Å²) in [6.45, 7) is -2.39. The Morgan fingerprint density at radius 2 is 0.906 bits per heavy atom. The highest BCUT2D eigenvalue weighted by Gasteiger charge is 2.31. The fourth-order valence-corrected chi connectivity index (χ4v) is 12.5. The highest BCUT2D eigenvalue weighted by Crippen LogP contribution is 2.51. The lowest BCUT2D eigenvalue weighted by molar-refractivity contribution is 0.0564. The average Bonchev–Trinajstić information content (AvgIpc) is 3.31. The summed E-state index contributed by atoms with van der Waals surface area (Å²) in [4.78, 5) is 25.7. The molecule has 0 unspecified atom stereocenters. The van der Waals surface area contributed by atoms with Crippen molar-refractivity contribution in [3.63, 3.8) is 0 Å². The second-order valence-electron chi connectivity index (χ2n) is 6.79. The van der Waals surface area contributed by atoms with Crippen LogP contribution in [0, 0.1) is 3.57 Å². The highest BCUT2D eigenvalue weighted by atomic mass is 32.2. The predicted octanol–water partition coefficient (Wildman–Crippen LogP) is 4.91. The van der Waals surface area contributed by atoms with Gasteiger partial charge in [-0.1, -0.05) is 91.0 Å². The second-order valence-corrected chi connectivity index (χ2v) is 13.0. The highest BCUT2D eigenvalue weighted by molar-refractivity contribution is 7.91. The molecule has 0 N–H and O–H groups in total. The molecular weight excluding hydrogens is 459 g/mol. The van der Waals surface area contributed by atoms with Crippen LogP contribution in [0.15, 0.2) is 91.0 Å². The number of ether oxygens (including phenoxy) is 2. The molecule has 0 saturated carbocycles. The maximum Gasteiger partial charge on any atom is 0.349 e. The first-order valence-corrected chi connectivity index (χ1v) is 13.2. The molecule has 4 aromatic rings. The van der Waals surface area contributed by atoms with Crippen molar-refractivity contribution in [2.45, 2.75) is 0 Å². The molecule has 4 nitrogen and oxygen atoms in total. The van der Waals surface area contributed by atoms with Crippen molar-refractivity contribution in [3.8, 4) is 0 Å². The van der Waals surface area contributed by atoms with Gasteiger partial charge in [0.25, 0.3) is 0 Å². The van der Waals surface area contributed by atoms with Gasteiger partial charge >= 0.3 is 11.9 Å². The summed E-state index contributed by atoms with van der Waals surface area (Å²) in [5.74, 6) is -1.07. The SMILES string of the molecule is COC(=O)c1sc(=P(c2ccccc2)(c2ccccc2)c2ccccc2)sc1C(=O)OC. The molecule has 0 atom stereocenters. The van der Waals surface area contributed by atoms with Crippen molar-refractivity contribution in [1.82, 2.24) is 0 Å². The van der Waals surface area contributed by atoms with E-state index in [1.54, 1.807) is 0 Å². The fourth-order valence-electron chi connectivity index (χ4n) is 3.60. The normalized spacial score (nSPS) is 11.1. The minimum atomic E-state index is -2.39. The van der Waals surface area contributed by atoms with E-state index >= 15 is 0 Å². The zero-order valence-corrected chi connectivity index (χ0v) is 20.1. The Morgan fingerprint density at radius 3 is 1.19 bits per heavy atom. The van der Waals surface area contributed by atoms with E-state index in [1.807, 2.05) is 54.6 Å². The van der Waals surface area contributed by atoms with E-state index < -0.39 is 18.8 Å². The molecular formula is C25H21O4PS2. The number of carbonyl (C=O) groups excluding carboxylic acids is 2. The van der Waals surface area contributed by atoms with Crippen LogP contribution in [0.4, 0.5) is 0 Å². The first-order chi connectivity index (χ1) is 15.6. The Kier molecular flexibility index (Phi) is 6.75. The number of hydrogen-bond acceptors (Lipinski definition) is 6. The van der Waals surface area contributed by atoms with Gasteiger partial charge in [0.05, 0.1) is 17.8 Å². The van der Waals surface area contributed by atoms with Crippen LogP contribution in [0.2, 0.25) is 0 Å². The Hall–Kier alpha value is -2.92. The van der Waals surface area contributed by atoms with Crippen LogP contribution in [-0.2, 0) is 9.47 Å². The summed E-state index contributed by atoms with van der Waals surface area (Å²) in [6.07, 6.45) is 0. The van der Waals surface area contributed by atoms with Crippen molar-refractivity contribution in [1.29, 1.82) is 0 Å². The molecule has 4 rings (SSSR count). The van der Waals surface area contributed by atoms with E-state index in [2.05, 4.69) is 36.4 Å². The van der Waals surface area contributed by atoms with E-state index in [0.29, 0.717) is 0 Å². The van der Waals surface area contributed by atoms with E-state index in [-0.39, 0.29) is 9.75 Å². The van der Waals surface area contributed by atoms with Gasteiger partial charge in [-0.15, -0.1) is 22.7 Å². The molecule has 0 bridgehead atoms. The Morgan fingerprint density at radius 1 is 0.594 bits per heavy atom. The standard InChI is InChI=1S/C25H21O4PS2/c1-28-23(26)21-22(24(27)29-2)32-25(31-21)30(18-12-6-3-7-13-18,19-14-8-4-9-15-19)20-16-10-5-11-17-20/h3-17H,1-2H3. The lowest BCUT2D eigenvalue weighted by Crippen LogP contribution is -2.25. The molecule has 162 valence electrons. The molecule has 7 heteroatoms. The maximum atomic E-state index is 12.6. The van der Waals surface area contributed by atoms with Crippen molar-refractivity contribution in [2.75, 3.05) is 14.2 Å². The number of hydrogen-bond donors (Lipinski definition) is 0. The van der Waals surface area contributed by atoms with E-state index in [4.69, 9.17) is 9.47 Å². The first-order valence-electron chi connectivity index (χ1n) is 9.83. The molecule has 1 aromatic heterocycles. The van der Waals surface area contributed by atoms with Crippen LogP contribution in [0.3, 0.4) is 0 Å². The third kappa shape index (κ3) is 3.86. The molecule has 0 aliphatic rings. The van der Waals surface area contributed by atoms with Gasteiger partial charge in [-0.3, -0.25) is 0 Å². The lowest BCUT2D eigenvalue weighted by Gasteiger charge is -2.27. The number of carbonyl (C=O) groups is 2. The molecule has 0 aliphatic heterocycles. The number of benzene rings is 3. The predicted molar refractivity (Wildman–Crippen MR) is 133 cm³/mol. The summed E-state index contributed by atoms with van der Waals surface area (Å²) in [7, 11) is 2.64. The van der Waals surface area contributed by atoms with Gasteiger partial charge in [-0.25, -0.2) is 9.59 Å². The summed E-state index contributed by atoms with van der Waals surface area (Å²) < 4.78 is 11.0.